The van der Waals surface area contributed by atoms with Gasteiger partial charge in [0.15, 0.2) is 0 Å². The van der Waals surface area contributed by atoms with Crippen LogP contribution in [0.3, 0.4) is 0 Å². The van der Waals surface area contributed by atoms with Gasteiger partial charge in [-0.25, -0.2) is 4.98 Å². The fourth-order valence-electron chi connectivity index (χ4n) is 1.30. The molecule has 0 aromatic carbocycles. The van der Waals surface area contributed by atoms with Gasteiger partial charge in [-0.2, -0.15) is 10.2 Å². The fraction of sp³-hybridized carbons (Fsp3) is 0.200. The summed E-state index contributed by atoms with van der Waals surface area (Å²) >= 11 is 0. The highest BCUT2D eigenvalue weighted by molar-refractivity contribution is 5.28. The number of nitrogens with zero attached hydrogens (tertiary/aromatic N) is 4. The molecule has 2 aromatic rings. The van der Waals surface area contributed by atoms with Gasteiger partial charge in [0, 0.05) is 24.2 Å². The van der Waals surface area contributed by atoms with Crippen LogP contribution in [-0.4, -0.2) is 32.4 Å². The first kappa shape index (κ1) is 10.4. The molecule has 0 aliphatic rings. The SMILES string of the molecule is COc1nccnc1C(O)c1ccnnc1. The molecule has 1 unspecified atom stereocenters. The third-order valence-electron chi connectivity index (χ3n) is 2.07. The number of aliphatic hydroxyl groups is 1. The molecule has 1 atom stereocenters. The van der Waals surface area contributed by atoms with Crippen LogP contribution in [0.1, 0.15) is 17.4 Å². The van der Waals surface area contributed by atoms with Crippen LogP contribution in [0.4, 0.5) is 0 Å². The molecule has 0 amide bonds. The van der Waals surface area contributed by atoms with Gasteiger partial charge in [-0.15, -0.1) is 0 Å². The third-order valence-corrected chi connectivity index (χ3v) is 2.07. The molecule has 16 heavy (non-hydrogen) atoms. The quantitative estimate of drug-likeness (QED) is 0.800. The van der Waals surface area contributed by atoms with E-state index >= 15 is 0 Å². The molecule has 6 heteroatoms. The van der Waals surface area contributed by atoms with Crippen molar-refractivity contribution in [1.82, 2.24) is 20.2 Å². The molecule has 0 fully saturated rings. The molecule has 82 valence electrons. The molecule has 6 nitrogen and oxygen atoms in total. The number of hydrogen-bond donors (Lipinski definition) is 1. The third kappa shape index (κ3) is 1.96. The van der Waals surface area contributed by atoms with Crippen LogP contribution in [-0.2, 0) is 0 Å². The minimum atomic E-state index is -0.917. The van der Waals surface area contributed by atoms with Gasteiger partial charge in [0.05, 0.1) is 13.3 Å². The zero-order chi connectivity index (χ0) is 11.4. The Morgan fingerprint density at radius 1 is 1.19 bits per heavy atom. The van der Waals surface area contributed by atoms with E-state index in [2.05, 4.69) is 20.2 Å². The highest BCUT2D eigenvalue weighted by Crippen LogP contribution is 2.24. The Hall–Kier alpha value is -2.08. The van der Waals surface area contributed by atoms with Crippen LogP contribution in [0, 0.1) is 0 Å². The second-order valence-electron chi connectivity index (χ2n) is 3.03. The van der Waals surface area contributed by atoms with Crippen LogP contribution < -0.4 is 4.74 Å². The number of ether oxygens (including phenoxy) is 1. The van der Waals surface area contributed by atoms with Crippen molar-refractivity contribution in [2.24, 2.45) is 0 Å². The lowest BCUT2D eigenvalue weighted by molar-refractivity contribution is 0.207. The summed E-state index contributed by atoms with van der Waals surface area (Å²) in [6.07, 6.45) is 5.05. The number of hydrogen-bond acceptors (Lipinski definition) is 6. The first-order chi connectivity index (χ1) is 7.83. The maximum absolute atomic E-state index is 10.1. The van der Waals surface area contributed by atoms with Gasteiger partial charge in [-0.05, 0) is 6.07 Å². The van der Waals surface area contributed by atoms with E-state index in [4.69, 9.17) is 4.74 Å². The lowest BCUT2D eigenvalue weighted by Crippen LogP contribution is -2.06. The fourth-order valence-corrected chi connectivity index (χ4v) is 1.30. The minimum absolute atomic E-state index is 0.298. The van der Waals surface area contributed by atoms with E-state index in [0.717, 1.165) is 0 Å². The Bertz CT molecular complexity index is 463. The monoisotopic (exact) mass is 218 g/mol. The number of aliphatic hydroxyl groups excluding tert-OH is 1. The average molecular weight is 218 g/mol. The molecule has 0 radical (unpaired) electrons. The molecule has 0 spiro atoms. The second-order valence-corrected chi connectivity index (χ2v) is 3.03. The highest BCUT2D eigenvalue weighted by atomic mass is 16.5. The summed E-state index contributed by atoms with van der Waals surface area (Å²) < 4.78 is 5.02. The summed E-state index contributed by atoms with van der Waals surface area (Å²) in [6.45, 7) is 0. The molecule has 2 heterocycles. The van der Waals surface area contributed by atoms with Gasteiger partial charge in [0.1, 0.15) is 11.8 Å². The predicted molar refractivity (Wildman–Crippen MR) is 54.7 cm³/mol. The molecule has 0 saturated carbocycles. The average Bonchev–Trinajstić information content (AvgIpc) is 2.39. The van der Waals surface area contributed by atoms with Crippen molar-refractivity contribution in [2.45, 2.75) is 6.10 Å². The van der Waals surface area contributed by atoms with Crippen LogP contribution >= 0.6 is 0 Å². The van der Waals surface area contributed by atoms with Crippen molar-refractivity contribution >= 4 is 0 Å². The van der Waals surface area contributed by atoms with Crippen molar-refractivity contribution in [3.8, 4) is 5.88 Å². The Morgan fingerprint density at radius 3 is 2.69 bits per heavy atom. The summed E-state index contributed by atoms with van der Waals surface area (Å²) in [5.74, 6) is 0.298. The van der Waals surface area contributed by atoms with Crippen LogP contribution in [0.5, 0.6) is 5.88 Å². The molecule has 0 aliphatic carbocycles. The lowest BCUT2D eigenvalue weighted by atomic mass is 10.1. The largest absolute Gasteiger partial charge is 0.480 e. The predicted octanol–water partition coefficient (Wildman–Crippen LogP) is 0.357. The zero-order valence-corrected chi connectivity index (χ0v) is 8.61. The van der Waals surface area contributed by atoms with Crippen molar-refractivity contribution < 1.29 is 9.84 Å². The summed E-state index contributed by atoms with van der Waals surface area (Å²) in [5.41, 5.74) is 0.951. The van der Waals surface area contributed by atoms with Crippen molar-refractivity contribution in [3.63, 3.8) is 0 Å². The maximum Gasteiger partial charge on any atom is 0.238 e. The smallest absolute Gasteiger partial charge is 0.238 e. The Labute approximate surface area is 92.0 Å². The van der Waals surface area contributed by atoms with E-state index in [1.807, 2.05) is 0 Å². The molecular formula is C10H10N4O2. The van der Waals surface area contributed by atoms with Crippen molar-refractivity contribution in [1.29, 1.82) is 0 Å². The van der Waals surface area contributed by atoms with Gasteiger partial charge in [-0.1, -0.05) is 0 Å². The standard InChI is InChI=1S/C10H10N4O2/c1-16-10-8(11-4-5-12-10)9(15)7-2-3-13-14-6-7/h2-6,9,15H,1H3. The lowest BCUT2D eigenvalue weighted by Gasteiger charge is -2.11. The van der Waals surface area contributed by atoms with Crippen LogP contribution in [0.15, 0.2) is 30.9 Å². The molecular weight excluding hydrogens is 208 g/mol. The topological polar surface area (TPSA) is 81.0 Å². The number of methoxy groups -OCH3 is 1. The van der Waals surface area contributed by atoms with Crippen molar-refractivity contribution in [3.05, 3.63) is 42.1 Å². The van der Waals surface area contributed by atoms with Crippen molar-refractivity contribution in [2.75, 3.05) is 7.11 Å². The normalized spacial score (nSPS) is 12.1. The van der Waals surface area contributed by atoms with E-state index < -0.39 is 6.10 Å². The maximum atomic E-state index is 10.1. The van der Waals surface area contributed by atoms with Gasteiger partial charge in [0.2, 0.25) is 5.88 Å². The van der Waals surface area contributed by atoms with Crippen LogP contribution in [0.25, 0.3) is 0 Å². The first-order valence-corrected chi connectivity index (χ1v) is 4.62. The number of rotatable bonds is 3. The molecule has 0 saturated heterocycles. The van der Waals surface area contributed by atoms with E-state index in [9.17, 15) is 5.11 Å². The van der Waals surface area contributed by atoms with Gasteiger partial charge in [-0.3, -0.25) is 4.98 Å². The Kier molecular flexibility index (Phi) is 3.02. The van der Waals surface area contributed by atoms with E-state index in [-0.39, 0.29) is 0 Å². The molecule has 1 N–H and O–H groups in total. The zero-order valence-electron chi connectivity index (χ0n) is 8.61. The summed E-state index contributed by atoms with van der Waals surface area (Å²) in [5, 5.41) is 17.4. The summed E-state index contributed by atoms with van der Waals surface area (Å²) in [6, 6.07) is 1.66. The van der Waals surface area contributed by atoms with E-state index in [0.29, 0.717) is 17.1 Å². The number of aromatic nitrogens is 4. The van der Waals surface area contributed by atoms with Gasteiger partial charge >= 0.3 is 0 Å². The van der Waals surface area contributed by atoms with E-state index in [1.165, 1.54) is 31.9 Å². The molecule has 2 aromatic heterocycles. The minimum Gasteiger partial charge on any atom is -0.480 e. The van der Waals surface area contributed by atoms with E-state index in [1.54, 1.807) is 6.07 Å². The van der Waals surface area contributed by atoms with Crippen LogP contribution in [0.2, 0.25) is 0 Å². The molecule has 2 rings (SSSR count). The first-order valence-electron chi connectivity index (χ1n) is 4.62. The Balaban J connectivity index is 2.37. The van der Waals surface area contributed by atoms with Gasteiger partial charge in [0.25, 0.3) is 0 Å². The Morgan fingerprint density at radius 2 is 2.00 bits per heavy atom. The molecule has 0 aliphatic heterocycles. The summed E-state index contributed by atoms with van der Waals surface area (Å²) in [7, 11) is 1.48. The summed E-state index contributed by atoms with van der Waals surface area (Å²) in [4.78, 5) is 8.00. The molecule has 0 bridgehead atoms. The highest BCUT2D eigenvalue weighted by Gasteiger charge is 2.17. The van der Waals surface area contributed by atoms with Gasteiger partial charge < -0.3 is 9.84 Å². The second kappa shape index (κ2) is 4.63.